The standard InChI is InChI=1S/C51H44N4/c1-34-26-37-27-35(2)31-51(30-34,32-37)43-24-25-45(47(29-43)42-17-11-12-36(28-42)33-52)39-20-22-41(23-21-39)49-53-48(40-15-7-4-8-16-40)54-50(55-49)46-19-10-9-18-44(46)38-13-5-3-6-14-38/h3-25,28-29,34-35,37H,26-27,30-32H2,1-2H3/t34-,35+,37-,51?. The second kappa shape index (κ2) is 14.6. The number of fused-ring (bicyclic) bond motifs is 2. The quantitative estimate of drug-likeness (QED) is 0.165. The van der Waals surface area contributed by atoms with Gasteiger partial charge in [0.15, 0.2) is 17.5 Å². The van der Waals surface area contributed by atoms with Crippen LogP contribution in [0.3, 0.4) is 0 Å². The zero-order chi connectivity index (χ0) is 37.4. The number of hydrogen-bond donors (Lipinski definition) is 0. The van der Waals surface area contributed by atoms with Gasteiger partial charge in [-0.15, -0.1) is 0 Å². The van der Waals surface area contributed by atoms with Crippen molar-refractivity contribution in [2.75, 3.05) is 0 Å². The Kier molecular flexibility index (Phi) is 9.16. The van der Waals surface area contributed by atoms with Gasteiger partial charge in [-0.2, -0.15) is 5.26 Å². The predicted octanol–water partition coefficient (Wildman–Crippen LogP) is 12.8. The van der Waals surface area contributed by atoms with Crippen LogP contribution < -0.4 is 0 Å². The van der Waals surface area contributed by atoms with Crippen molar-refractivity contribution in [3.8, 4) is 73.6 Å². The van der Waals surface area contributed by atoms with Crippen molar-refractivity contribution in [1.29, 1.82) is 5.26 Å². The molecule has 4 nitrogen and oxygen atoms in total. The Balaban J connectivity index is 1.14. The van der Waals surface area contributed by atoms with E-state index in [0.717, 1.165) is 62.3 Å². The Bertz CT molecular complexity index is 2500. The summed E-state index contributed by atoms with van der Waals surface area (Å²) in [6.07, 6.45) is 6.47. The number of aromatic nitrogens is 3. The highest BCUT2D eigenvalue weighted by Gasteiger charge is 2.45. The lowest BCUT2D eigenvalue weighted by molar-refractivity contribution is 0.0781. The molecule has 0 amide bonds. The monoisotopic (exact) mass is 712 g/mol. The first kappa shape index (κ1) is 34.6. The summed E-state index contributed by atoms with van der Waals surface area (Å²) in [4.78, 5) is 15.2. The molecule has 2 fully saturated rings. The average Bonchev–Trinajstić information content (AvgIpc) is 3.23. The lowest BCUT2D eigenvalue weighted by Gasteiger charge is -2.50. The van der Waals surface area contributed by atoms with Crippen LogP contribution in [0.1, 0.15) is 57.1 Å². The number of nitriles is 1. The van der Waals surface area contributed by atoms with Crippen LogP contribution in [-0.2, 0) is 5.41 Å². The fourth-order valence-electron chi connectivity index (χ4n) is 9.87. The van der Waals surface area contributed by atoms with E-state index in [0.29, 0.717) is 23.0 Å². The van der Waals surface area contributed by atoms with Crippen molar-refractivity contribution in [3.63, 3.8) is 0 Å². The maximum atomic E-state index is 9.86. The highest BCUT2D eigenvalue weighted by molar-refractivity contribution is 5.86. The van der Waals surface area contributed by atoms with Crippen LogP contribution in [0.5, 0.6) is 0 Å². The number of nitrogens with zero attached hydrogens (tertiary/aromatic N) is 4. The fraction of sp³-hybridized carbons (Fsp3) is 0.216. The van der Waals surface area contributed by atoms with Crippen molar-refractivity contribution < 1.29 is 0 Å². The Hall–Kier alpha value is -6.18. The van der Waals surface area contributed by atoms with E-state index in [1.165, 1.54) is 43.2 Å². The van der Waals surface area contributed by atoms with E-state index >= 15 is 0 Å². The van der Waals surface area contributed by atoms with E-state index in [2.05, 4.69) is 111 Å². The fourth-order valence-corrected chi connectivity index (χ4v) is 9.87. The van der Waals surface area contributed by atoms with E-state index in [1.54, 1.807) is 0 Å². The molecule has 9 rings (SSSR count). The summed E-state index contributed by atoms with van der Waals surface area (Å²) in [5.41, 5.74) is 11.9. The molecule has 2 aliphatic rings. The van der Waals surface area contributed by atoms with Gasteiger partial charge in [0.25, 0.3) is 0 Å². The molecule has 6 aromatic carbocycles. The lowest BCUT2D eigenvalue weighted by Crippen LogP contribution is -2.42. The maximum absolute atomic E-state index is 9.86. The highest BCUT2D eigenvalue weighted by Crippen LogP contribution is 2.55. The Morgan fingerprint density at radius 1 is 0.473 bits per heavy atom. The molecule has 0 spiro atoms. The van der Waals surface area contributed by atoms with Gasteiger partial charge in [-0.05, 0) is 112 Å². The van der Waals surface area contributed by atoms with Gasteiger partial charge in [0.2, 0.25) is 0 Å². The Morgan fingerprint density at radius 2 is 1.00 bits per heavy atom. The largest absolute Gasteiger partial charge is 0.208 e. The molecule has 1 aromatic heterocycles. The van der Waals surface area contributed by atoms with Crippen molar-refractivity contribution in [2.24, 2.45) is 17.8 Å². The Morgan fingerprint density at radius 3 is 1.67 bits per heavy atom. The average molecular weight is 713 g/mol. The third-order valence-electron chi connectivity index (χ3n) is 11.9. The molecular weight excluding hydrogens is 669 g/mol. The van der Waals surface area contributed by atoms with E-state index in [4.69, 9.17) is 15.0 Å². The number of rotatable bonds is 7. The van der Waals surface area contributed by atoms with Crippen molar-refractivity contribution in [2.45, 2.75) is 51.4 Å². The molecule has 2 bridgehead atoms. The van der Waals surface area contributed by atoms with Crippen LogP contribution in [0.25, 0.3) is 67.5 Å². The molecule has 268 valence electrons. The molecule has 7 aromatic rings. The van der Waals surface area contributed by atoms with Crippen LogP contribution in [0, 0.1) is 29.1 Å². The minimum Gasteiger partial charge on any atom is -0.208 e. The van der Waals surface area contributed by atoms with E-state index in [1.807, 2.05) is 60.7 Å². The Labute approximate surface area is 324 Å². The van der Waals surface area contributed by atoms with Crippen LogP contribution in [0.15, 0.2) is 152 Å². The van der Waals surface area contributed by atoms with Crippen LogP contribution in [-0.4, -0.2) is 15.0 Å². The first-order valence-electron chi connectivity index (χ1n) is 19.7. The molecule has 1 heterocycles. The van der Waals surface area contributed by atoms with Gasteiger partial charge in [0.05, 0.1) is 11.6 Å². The summed E-state index contributed by atoms with van der Waals surface area (Å²) in [6, 6.07) is 55.1. The molecule has 2 saturated carbocycles. The van der Waals surface area contributed by atoms with Crippen molar-refractivity contribution >= 4 is 0 Å². The third-order valence-corrected chi connectivity index (χ3v) is 11.9. The second-order valence-electron chi connectivity index (χ2n) is 16.1. The molecule has 1 unspecified atom stereocenters. The number of benzene rings is 6. The molecule has 4 atom stereocenters. The summed E-state index contributed by atoms with van der Waals surface area (Å²) < 4.78 is 0. The van der Waals surface area contributed by atoms with Crippen LogP contribution in [0.4, 0.5) is 0 Å². The molecule has 0 aliphatic heterocycles. The van der Waals surface area contributed by atoms with Gasteiger partial charge in [-0.1, -0.05) is 147 Å². The molecule has 0 saturated heterocycles. The number of hydrogen-bond acceptors (Lipinski definition) is 4. The smallest absolute Gasteiger partial charge is 0.164 e. The summed E-state index contributed by atoms with van der Waals surface area (Å²) in [5.74, 6) is 4.16. The van der Waals surface area contributed by atoms with Gasteiger partial charge in [-0.25, -0.2) is 15.0 Å². The minimum atomic E-state index is 0.204. The zero-order valence-electron chi connectivity index (χ0n) is 31.5. The van der Waals surface area contributed by atoms with Gasteiger partial charge < -0.3 is 0 Å². The highest BCUT2D eigenvalue weighted by atomic mass is 15.0. The summed E-state index contributed by atoms with van der Waals surface area (Å²) >= 11 is 0. The third kappa shape index (κ3) is 6.88. The van der Waals surface area contributed by atoms with Gasteiger partial charge in [-0.3, -0.25) is 0 Å². The topological polar surface area (TPSA) is 62.5 Å². The van der Waals surface area contributed by atoms with Gasteiger partial charge in [0.1, 0.15) is 0 Å². The van der Waals surface area contributed by atoms with E-state index < -0.39 is 0 Å². The molecule has 0 N–H and O–H groups in total. The lowest BCUT2D eigenvalue weighted by atomic mass is 9.54. The molecule has 0 radical (unpaired) electrons. The summed E-state index contributed by atoms with van der Waals surface area (Å²) in [7, 11) is 0. The summed E-state index contributed by atoms with van der Waals surface area (Å²) in [5, 5.41) is 9.86. The zero-order valence-corrected chi connectivity index (χ0v) is 31.5. The second-order valence-corrected chi connectivity index (χ2v) is 16.1. The van der Waals surface area contributed by atoms with E-state index in [-0.39, 0.29) is 5.41 Å². The van der Waals surface area contributed by atoms with Gasteiger partial charge in [0, 0.05) is 16.7 Å². The molecule has 4 heteroatoms. The predicted molar refractivity (Wildman–Crippen MR) is 224 cm³/mol. The summed E-state index contributed by atoms with van der Waals surface area (Å²) in [6.45, 7) is 4.90. The first-order valence-corrected chi connectivity index (χ1v) is 19.7. The SMILES string of the molecule is C[C@@H]1C[C@@H]2C[C@H](C)CC(c3ccc(-c4ccc(-c5nc(-c6ccccc6)nc(-c6ccccc6-c6ccccc6)n5)cc4)c(-c4cccc(C#N)c4)c3)(C1)C2. The maximum Gasteiger partial charge on any atom is 0.164 e. The van der Waals surface area contributed by atoms with E-state index in [9.17, 15) is 5.26 Å². The molecule has 55 heavy (non-hydrogen) atoms. The van der Waals surface area contributed by atoms with Crippen molar-refractivity contribution in [1.82, 2.24) is 15.0 Å². The van der Waals surface area contributed by atoms with Crippen molar-refractivity contribution in [3.05, 3.63) is 163 Å². The molecule has 2 aliphatic carbocycles. The minimum absolute atomic E-state index is 0.204. The van der Waals surface area contributed by atoms with Gasteiger partial charge >= 0.3 is 0 Å². The molecular formula is C51H44N4. The van der Waals surface area contributed by atoms with Crippen LogP contribution >= 0.6 is 0 Å². The first-order chi connectivity index (χ1) is 26.9. The van der Waals surface area contributed by atoms with Crippen LogP contribution in [0.2, 0.25) is 0 Å². The normalized spacial score (nSPS) is 20.4.